The maximum Gasteiger partial charge on any atom is 0.387 e. The van der Waals surface area contributed by atoms with Crippen molar-refractivity contribution in [3.63, 3.8) is 0 Å². The van der Waals surface area contributed by atoms with Gasteiger partial charge in [-0.1, -0.05) is 28.9 Å². The molecule has 2 aromatic carbocycles. The smallest absolute Gasteiger partial charge is 0.387 e. The van der Waals surface area contributed by atoms with Crippen molar-refractivity contribution < 1.29 is 27.5 Å². The van der Waals surface area contributed by atoms with Gasteiger partial charge in [-0.3, -0.25) is 4.79 Å². The number of hydrogen-bond acceptors (Lipinski definition) is 4. The third kappa shape index (κ3) is 5.66. The fraction of sp³-hybridized carbons (Fsp3) is 0.176. The molecule has 138 valence electrons. The number of ether oxygens (including phenoxy) is 1. The Morgan fingerprint density at radius 1 is 1.27 bits per heavy atom. The largest absolute Gasteiger partial charge is 0.434 e. The Bertz CT molecular complexity index is 803. The molecule has 1 N–H and O–H groups in total. The van der Waals surface area contributed by atoms with Crippen LogP contribution in [0.1, 0.15) is 12.5 Å². The van der Waals surface area contributed by atoms with Crippen LogP contribution in [0.2, 0.25) is 5.02 Å². The lowest BCUT2D eigenvalue weighted by Gasteiger charge is -2.12. The molecule has 2 aromatic rings. The van der Waals surface area contributed by atoms with Gasteiger partial charge in [0.05, 0.1) is 16.9 Å². The van der Waals surface area contributed by atoms with Gasteiger partial charge in [-0.25, -0.2) is 4.39 Å². The fourth-order valence-corrected chi connectivity index (χ4v) is 2.06. The maximum absolute atomic E-state index is 13.0. The maximum atomic E-state index is 13.0. The van der Waals surface area contributed by atoms with Crippen molar-refractivity contribution in [2.24, 2.45) is 5.16 Å². The summed E-state index contributed by atoms with van der Waals surface area (Å²) in [5.41, 5.74) is 0.468. The van der Waals surface area contributed by atoms with E-state index in [1.807, 2.05) is 0 Å². The van der Waals surface area contributed by atoms with Crippen LogP contribution in [-0.4, -0.2) is 24.8 Å². The van der Waals surface area contributed by atoms with Crippen LogP contribution in [-0.2, 0) is 9.63 Å². The summed E-state index contributed by atoms with van der Waals surface area (Å²) >= 11 is 5.82. The minimum atomic E-state index is -2.98. The van der Waals surface area contributed by atoms with Crippen LogP contribution in [0.15, 0.2) is 47.6 Å². The Morgan fingerprint density at radius 3 is 2.69 bits per heavy atom. The number of carbonyl (C=O) groups is 1. The Balaban J connectivity index is 1.96. The summed E-state index contributed by atoms with van der Waals surface area (Å²) in [6, 6.07) is 9.48. The van der Waals surface area contributed by atoms with Crippen LogP contribution in [0.3, 0.4) is 0 Å². The molecule has 0 aliphatic carbocycles. The zero-order chi connectivity index (χ0) is 19.1. The first-order valence-corrected chi connectivity index (χ1v) is 7.73. The number of rotatable bonds is 7. The van der Waals surface area contributed by atoms with Gasteiger partial charge < -0.3 is 14.9 Å². The summed E-state index contributed by atoms with van der Waals surface area (Å²) in [6.07, 6.45) is 0.127. The fourth-order valence-electron chi connectivity index (χ4n) is 1.84. The first-order valence-electron chi connectivity index (χ1n) is 7.35. The van der Waals surface area contributed by atoms with Crippen molar-refractivity contribution in [3.8, 4) is 5.75 Å². The second-order valence-electron chi connectivity index (χ2n) is 5.01. The van der Waals surface area contributed by atoms with Gasteiger partial charge in [0.1, 0.15) is 11.6 Å². The van der Waals surface area contributed by atoms with E-state index in [1.54, 1.807) is 6.07 Å². The lowest BCUT2D eigenvalue weighted by atomic mass is 10.2. The molecular formula is C17H14ClF3N2O3. The number of hydrogen-bond donors (Lipinski definition) is 1. The molecule has 0 heterocycles. The van der Waals surface area contributed by atoms with E-state index in [-0.39, 0.29) is 22.0 Å². The van der Waals surface area contributed by atoms with Crippen LogP contribution >= 0.6 is 11.6 Å². The zero-order valence-electron chi connectivity index (χ0n) is 13.5. The highest BCUT2D eigenvalue weighted by molar-refractivity contribution is 6.33. The molecule has 0 bridgehead atoms. The van der Waals surface area contributed by atoms with E-state index in [4.69, 9.17) is 16.4 Å². The Kier molecular flexibility index (Phi) is 6.85. The summed E-state index contributed by atoms with van der Waals surface area (Å²) in [4.78, 5) is 17.0. The summed E-state index contributed by atoms with van der Waals surface area (Å²) in [5.74, 6) is -1.19. The van der Waals surface area contributed by atoms with Crippen molar-refractivity contribution in [1.82, 2.24) is 0 Å². The molecule has 9 heteroatoms. The number of halogens is 4. The quantitative estimate of drug-likeness (QED) is 0.564. The molecule has 0 aromatic heterocycles. The zero-order valence-corrected chi connectivity index (χ0v) is 14.2. The van der Waals surface area contributed by atoms with Crippen molar-refractivity contribution in [1.29, 1.82) is 0 Å². The predicted molar refractivity (Wildman–Crippen MR) is 91.3 cm³/mol. The minimum absolute atomic E-state index is 0.0344. The van der Waals surface area contributed by atoms with Gasteiger partial charge in [-0.05, 0) is 37.3 Å². The molecule has 5 nitrogen and oxygen atoms in total. The predicted octanol–water partition coefficient (Wildman–Crippen LogP) is 4.46. The highest BCUT2D eigenvalue weighted by atomic mass is 35.5. The molecular weight excluding hydrogens is 373 g/mol. The van der Waals surface area contributed by atoms with E-state index in [0.717, 1.165) is 18.3 Å². The van der Waals surface area contributed by atoms with Gasteiger partial charge in [0, 0.05) is 5.56 Å². The topological polar surface area (TPSA) is 59.9 Å². The number of carbonyl (C=O) groups excluding carboxylic acids is 1. The van der Waals surface area contributed by atoms with Gasteiger partial charge in [-0.2, -0.15) is 8.78 Å². The van der Waals surface area contributed by atoms with Crippen LogP contribution < -0.4 is 10.1 Å². The number of nitrogens with zero attached hydrogens (tertiary/aromatic N) is 1. The molecule has 1 amide bonds. The lowest BCUT2D eigenvalue weighted by molar-refractivity contribution is -0.126. The van der Waals surface area contributed by atoms with Crippen molar-refractivity contribution in [2.75, 3.05) is 5.32 Å². The molecule has 0 fully saturated rings. The van der Waals surface area contributed by atoms with Gasteiger partial charge in [0.25, 0.3) is 5.91 Å². The van der Waals surface area contributed by atoms with Gasteiger partial charge >= 0.3 is 6.61 Å². The molecule has 0 unspecified atom stereocenters. The minimum Gasteiger partial charge on any atom is -0.434 e. The number of amides is 1. The van der Waals surface area contributed by atoms with Gasteiger partial charge in [-0.15, -0.1) is 0 Å². The van der Waals surface area contributed by atoms with Gasteiger partial charge in [0.15, 0.2) is 0 Å². The van der Waals surface area contributed by atoms with Gasteiger partial charge in [0.2, 0.25) is 6.10 Å². The summed E-state index contributed by atoms with van der Waals surface area (Å²) in [6.45, 7) is -1.55. The number of para-hydroxylation sites is 1. The highest BCUT2D eigenvalue weighted by Crippen LogP contribution is 2.23. The van der Waals surface area contributed by atoms with E-state index < -0.39 is 24.4 Å². The van der Waals surface area contributed by atoms with Crippen molar-refractivity contribution in [2.45, 2.75) is 19.6 Å². The number of oxime groups is 1. The first-order chi connectivity index (χ1) is 12.4. The molecule has 2 rings (SSSR count). The van der Waals surface area contributed by atoms with Crippen LogP contribution in [0, 0.1) is 5.82 Å². The summed E-state index contributed by atoms with van der Waals surface area (Å²) in [5, 5.41) is 6.10. The number of alkyl halides is 2. The molecule has 0 saturated heterocycles. The molecule has 0 aliphatic heterocycles. The van der Waals surface area contributed by atoms with Crippen LogP contribution in [0.4, 0.5) is 18.9 Å². The second-order valence-corrected chi connectivity index (χ2v) is 5.42. The highest BCUT2D eigenvalue weighted by Gasteiger charge is 2.16. The monoisotopic (exact) mass is 386 g/mol. The summed E-state index contributed by atoms with van der Waals surface area (Å²) < 4.78 is 42.0. The normalized spacial score (nSPS) is 12.2. The van der Waals surface area contributed by atoms with Crippen molar-refractivity contribution in [3.05, 3.63) is 58.9 Å². The van der Waals surface area contributed by atoms with Crippen LogP contribution in [0.25, 0.3) is 0 Å². The molecule has 0 saturated carbocycles. The molecule has 1 atom stereocenters. The standard InChI is InChI=1S/C17H14ClF3N2O3/c1-10(16(24)23-14-7-6-12(19)8-13(14)18)26-22-9-11-4-2-3-5-15(11)25-17(20)21/h2-10,17H,1H3,(H,23,24)/b22-9-/t10-/m0/s1. The number of nitrogens with one attached hydrogen (secondary N) is 1. The Labute approximate surface area is 152 Å². The molecule has 26 heavy (non-hydrogen) atoms. The average molecular weight is 387 g/mol. The molecule has 0 radical (unpaired) electrons. The Hall–Kier alpha value is -2.74. The van der Waals surface area contributed by atoms with E-state index in [2.05, 4.69) is 15.2 Å². The van der Waals surface area contributed by atoms with Crippen molar-refractivity contribution >= 4 is 29.4 Å². The second kappa shape index (κ2) is 9.10. The average Bonchev–Trinajstić information content (AvgIpc) is 2.58. The van der Waals surface area contributed by atoms with E-state index in [9.17, 15) is 18.0 Å². The first kappa shape index (κ1) is 19.6. The number of benzene rings is 2. The third-order valence-electron chi connectivity index (χ3n) is 3.10. The van der Waals surface area contributed by atoms with E-state index in [1.165, 1.54) is 31.2 Å². The SMILES string of the molecule is C[C@H](O/N=C\c1ccccc1OC(F)F)C(=O)Nc1ccc(F)cc1Cl. The molecule has 0 aliphatic rings. The lowest BCUT2D eigenvalue weighted by Crippen LogP contribution is -2.26. The molecule has 0 spiro atoms. The van der Waals surface area contributed by atoms with Crippen LogP contribution in [0.5, 0.6) is 5.75 Å². The summed E-state index contributed by atoms with van der Waals surface area (Å²) in [7, 11) is 0. The Morgan fingerprint density at radius 2 is 2.00 bits per heavy atom. The van der Waals surface area contributed by atoms with E-state index in [0.29, 0.717) is 0 Å². The third-order valence-corrected chi connectivity index (χ3v) is 3.42. The van der Waals surface area contributed by atoms with E-state index >= 15 is 0 Å². The number of anilines is 1.